The lowest BCUT2D eigenvalue weighted by Gasteiger charge is -2.19. The zero-order chi connectivity index (χ0) is 18.1. The van der Waals surface area contributed by atoms with Crippen LogP contribution in [0.4, 0.5) is 11.4 Å². The number of hydrogen-bond donors (Lipinski definition) is 2. The Hall–Kier alpha value is -2.10. The van der Waals surface area contributed by atoms with Crippen LogP contribution in [0.1, 0.15) is 5.56 Å². The van der Waals surface area contributed by atoms with E-state index in [4.69, 9.17) is 5.14 Å². The maximum atomic E-state index is 12.5. The van der Waals surface area contributed by atoms with Crippen molar-refractivity contribution >= 4 is 31.4 Å². The number of nitrogens with zero attached hydrogens (tertiary/aromatic N) is 1. The first-order valence-electron chi connectivity index (χ1n) is 6.94. The lowest BCUT2D eigenvalue weighted by atomic mass is 10.2. The predicted molar refractivity (Wildman–Crippen MR) is 94.1 cm³/mol. The van der Waals surface area contributed by atoms with Crippen molar-refractivity contribution in [3.8, 4) is 0 Å². The highest BCUT2D eigenvalue weighted by molar-refractivity contribution is 7.92. The quantitative estimate of drug-likeness (QED) is 0.830. The van der Waals surface area contributed by atoms with Gasteiger partial charge in [0.2, 0.25) is 10.0 Å². The standard InChI is InChI=1S/C15H19N3O4S2/c1-11-4-6-12(7-5-11)24(21,22)17-14-10-13(23(16,19)20)8-9-15(14)18(2)3/h4-10,17H,1-3H3,(H2,16,19,20). The summed E-state index contributed by atoms with van der Waals surface area (Å²) < 4.78 is 50.6. The van der Waals surface area contributed by atoms with Crippen molar-refractivity contribution in [1.82, 2.24) is 0 Å². The van der Waals surface area contributed by atoms with Gasteiger partial charge in [0.1, 0.15) is 0 Å². The number of sulfonamides is 2. The van der Waals surface area contributed by atoms with Gasteiger partial charge in [0.25, 0.3) is 10.0 Å². The maximum absolute atomic E-state index is 12.5. The summed E-state index contributed by atoms with van der Waals surface area (Å²) >= 11 is 0. The highest BCUT2D eigenvalue weighted by Crippen LogP contribution is 2.29. The molecule has 0 radical (unpaired) electrons. The Morgan fingerprint density at radius 3 is 1.96 bits per heavy atom. The van der Waals surface area contributed by atoms with Gasteiger partial charge in [-0.3, -0.25) is 4.72 Å². The van der Waals surface area contributed by atoms with Crippen LogP contribution in [0.2, 0.25) is 0 Å². The van der Waals surface area contributed by atoms with Crippen LogP contribution < -0.4 is 14.8 Å². The van der Waals surface area contributed by atoms with Gasteiger partial charge >= 0.3 is 0 Å². The van der Waals surface area contributed by atoms with Crippen molar-refractivity contribution in [2.24, 2.45) is 5.14 Å². The molecule has 7 nitrogen and oxygen atoms in total. The molecule has 0 aliphatic carbocycles. The molecular weight excluding hydrogens is 350 g/mol. The van der Waals surface area contributed by atoms with E-state index in [0.29, 0.717) is 5.69 Å². The van der Waals surface area contributed by atoms with Crippen molar-refractivity contribution in [3.63, 3.8) is 0 Å². The van der Waals surface area contributed by atoms with E-state index in [1.54, 1.807) is 31.1 Å². The third kappa shape index (κ3) is 4.05. The highest BCUT2D eigenvalue weighted by atomic mass is 32.2. The molecule has 0 unspecified atom stereocenters. The molecule has 0 saturated heterocycles. The Balaban J connectivity index is 2.52. The first-order chi connectivity index (χ1) is 11.0. The largest absolute Gasteiger partial charge is 0.376 e. The smallest absolute Gasteiger partial charge is 0.261 e. The minimum Gasteiger partial charge on any atom is -0.376 e. The monoisotopic (exact) mass is 369 g/mol. The minimum absolute atomic E-state index is 0.0822. The Bertz CT molecular complexity index is 951. The zero-order valence-corrected chi connectivity index (χ0v) is 15.1. The van der Waals surface area contributed by atoms with E-state index in [1.807, 2.05) is 6.92 Å². The van der Waals surface area contributed by atoms with E-state index in [0.717, 1.165) is 5.56 Å². The molecule has 0 aliphatic rings. The molecule has 3 N–H and O–H groups in total. The number of hydrogen-bond acceptors (Lipinski definition) is 5. The Morgan fingerprint density at radius 2 is 1.46 bits per heavy atom. The van der Waals surface area contributed by atoms with E-state index in [-0.39, 0.29) is 15.5 Å². The number of anilines is 2. The number of primary sulfonamides is 1. The summed E-state index contributed by atoms with van der Waals surface area (Å²) in [7, 11) is -4.37. The Labute approximate surface area is 142 Å². The number of rotatable bonds is 5. The number of benzene rings is 2. The molecule has 0 amide bonds. The van der Waals surface area contributed by atoms with Crippen molar-refractivity contribution in [2.45, 2.75) is 16.7 Å². The normalized spacial score (nSPS) is 12.0. The summed E-state index contributed by atoms with van der Waals surface area (Å²) in [5.74, 6) is 0. The highest BCUT2D eigenvalue weighted by Gasteiger charge is 2.19. The van der Waals surface area contributed by atoms with Gasteiger partial charge in [-0.05, 0) is 37.3 Å². The van der Waals surface area contributed by atoms with Crippen molar-refractivity contribution < 1.29 is 16.8 Å². The molecule has 0 aromatic heterocycles. The number of nitrogens with one attached hydrogen (secondary N) is 1. The van der Waals surface area contributed by atoms with Crippen LogP contribution >= 0.6 is 0 Å². The first-order valence-corrected chi connectivity index (χ1v) is 9.97. The molecule has 0 aliphatic heterocycles. The molecule has 0 spiro atoms. The molecule has 130 valence electrons. The van der Waals surface area contributed by atoms with Crippen LogP contribution in [0, 0.1) is 6.92 Å². The van der Waals surface area contributed by atoms with Gasteiger partial charge in [-0.25, -0.2) is 22.0 Å². The summed E-state index contributed by atoms with van der Waals surface area (Å²) in [4.78, 5) is 1.58. The minimum atomic E-state index is -3.95. The molecule has 2 aromatic carbocycles. The molecule has 0 bridgehead atoms. The van der Waals surface area contributed by atoms with Crippen molar-refractivity contribution in [3.05, 3.63) is 48.0 Å². The van der Waals surface area contributed by atoms with E-state index >= 15 is 0 Å². The van der Waals surface area contributed by atoms with Crippen molar-refractivity contribution in [2.75, 3.05) is 23.7 Å². The molecule has 9 heteroatoms. The van der Waals surface area contributed by atoms with Crippen LogP contribution in [0.3, 0.4) is 0 Å². The third-order valence-corrected chi connectivity index (χ3v) is 5.65. The lowest BCUT2D eigenvalue weighted by Crippen LogP contribution is -2.19. The van der Waals surface area contributed by atoms with E-state index < -0.39 is 20.0 Å². The second-order valence-corrected chi connectivity index (χ2v) is 8.78. The zero-order valence-electron chi connectivity index (χ0n) is 13.5. The fourth-order valence-electron chi connectivity index (χ4n) is 2.08. The van der Waals surface area contributed by atoms with Gasteiger partial charge in [-0.15, -0.1) is 0 Å². The van der Waals surface area contributed by atoms with Gasteiger partial charge in [0, 0.05) is 14.1 Å². The second-order valence-electron chi connectivity index (χ2n) is 5.54. The van der Waals surface area contributed by atoms with Crippen LogP contribution in [-0.4, -0.2) is 30.9 Å². The Morgan fingerprint density at radius 1 is 0.917 bits per heavy atom. The molecule has 0 heterocycles. The lowest BCUT2D eigenvalue weighted by molar-refractivity contribution is 0.596. The van der Waals surface area contributed by atoms with Gasteiger partial charge < -0.3 is 4.90 Å². The molecular formula is C15H19N3O4S2. The summed E-state index contributed by atoms with van der Waals surface area (Å²) in [5, 5.41) is 5.12. The predicted octanol–water partition coefficient (Wildman–Crippen LogP) is 1.51. The van der Waals surface area contributed by atoms with Crippen LogP contribution in [0.25, 0.3) is 0 Å². The fraction of sp³-hybridized carbons (Fsp3) is 0.200. The molecule has 2 aromatic rings. The third-order valence-electron chi connectivity index (χ3n) is 3.35. The average Bonchev–Trinajstić information content (AvgIpc) is 2.46. The summed E-state index contributed by atoms with van der Waals surface area (Å²) in [6, 6.07) is 10.4. The summed E-state index contributed by atoms with van der Waals surface area (Å²) in [5.41, 5.74) is 1.57. The van der Waals surface area contributed by atoms with Gasteiger partial charge in [0.05, 0.1) is 21.2 Å². The van der Waals surface area contributed by atoms with E-state index in [1.165, 1.54) is 30.3 Å². The summed E-state index contributed by atoms with van der Waals surface area (Å²) in [6.45, 7) is 1.85. The van der Waals surface area contributed by atoms with Crippen LogP contribution in [0.5, 0.6) is 0 Å². The van der Waals surface area contributed by atoms with Gasteiger partial charge in [-0.1, -0.05) is 17.7 Å². The van der Waals surface area contributed by atoms with E-state index in [9.17, 15) is 16.8 Å². The molecule has 0 atom stereocenters. The van der Waals surface area contributed by atoms with Crippen molar-refractivity contribution in [1.29, 1.82) is 0 Å². The molecule has 24 heavy (non-hydrogen) atoms. The fourth-order valence-corrected chi connectivity index (χ4v) is 3.69. The average molecular weight is 369 g/mol. The molecule has 2 rings (SSSR count). The number of aryl methyl sites for hydroxylation is 1. The summed E-state index contributed by atoms with van der Waals surface area (Å²) in [6.07, 6.45) is 0. The topological polar surface area (TPSA) is 110 Å². The SMILES string of the molecule is Cc1ccc(S(=O)(=O)Nc2cc(S(N)(=O)=O)ccc2N(C)C)cc1. The maximum Gasteiger partial charge on any atom is 0.261 e. The second kappa shape index (κ2) is 6.42. The van der Waals surface area contributed by atoms with E-state index in [2.05, 4.69) is 4.72 Å². The van der Waals surface area contributed by atoms with Crippen LogP contribution in [-0.2, 0) is 20.0 Å². The van der Waals surface area contributed by atoms with Gasteiger partial charge in [-0.2, -0.15) is 0 Å². The van der Waals surface area contributed by atoms with Gasteiger partial charge in [0.15, 0.2) is 0 Å². The molecule has 0 fully saturated rings. The number of nitrogens with two attached hydrogens (primary N) is 1. The molecule has 0 saturated carbocycles. The Kier molecular flexibility index (Phi) is 4.88. The van der Waals surface area contributed by atoms with Crippen LogP contribution in [0.15, 0.2) is 52.3 Å². The first kappa shape index (κ1) is 18.2.